The SMILES string of the molecule is CCCN(CCC)C(=O)c1cc(N2CCCC2)ccn1. The first-order chi connectivity index (χ1) is 9.76. The summed E-state index contributed by atoms with van der Waals surface area (Å²) in [5.74, 6) is 0.0646. The lowest BCUT2D eigenvalue weighted by Gasteiger charge is -2.22. The van der Waals surface area contributed by atoms with Gasteiger partial charge in [-0.25, -0.2) is 0 Å². The minimum atomic E-state index is 0.0646. The number of rotatable bonds is 6. The monoisotopic (exact) mass is 275 g/mol. The van der Waals surface area contributed by atoms with Crippen LogP contribution in [0.3, 0.4) is 0 Å². The summed E-state index contributed by atoms with van der Waals surface area (Å²) < 4.78 is 0. The molecule has 110 valence electrons. The van der Waals surface area contributed by atoms with Crippen molar-refractivity contribution in [3.63, 3.8) is 0 Å². The van der Waals surface area contributed by atoms with Crippen molar-refractivity contribution in [2.75, 3.05) is 31.1 Å². The predicted octanol–water partition coefficient (Wildman–Crippen LogP) is 2.94. The van der Waals surface area contributed by atoms with E-state index in [9.17, 15) is 4.79 Å². The number of carbonyl (C=O) groups is 1. The second-order valence-corrected chi connectivity index (χ2v) is 5.39. The van der Waals surface area contributed by atoms with Crippen molar-refractivity contribution in [1.29, 1.82) is 0 Å². The third-order valence-corrected chi connectivity index (χ3v) is 3.71. The molecule has 1 saturated heterocycles. The standard InChI is InChI=1S/C16H25N3O/c1-3-9-19(10-4-2)16(20)15-13-14(7-8-17-15)18-11-5-6-12-18/h7-8,13H,3-6,9-12H2,1-2H3. The maximum atomic E-state index is 12.5. The highest BCUT2D eigenvalue weighted by molar-refractivity contribution is 5.93. The third-order valence-electron chi connectivity index (χ3n) is 3.71. The number of hydrogen-bond donors (Lipinski definition) is 0. The van der Waals surface area contributed by atoms with Crippen LogP contribution >= 0.6 is 0 Å². The number of anilines is 1. The molecule has 1 aliphatic heterocycles. The van der Waals surface area contributed by atoms with Crippen LogP contribution in [0.1, 0.15) is 50.0 Å². The van der Waals surface area contributed by atoms with Crippen molar-refractivity contribution < 1.29 is 4.79 Å². The largest absolute Gasteiger partial charge is 0.371 e. The Morgan fingerprint density at radius 3 is 2.50 bits per heavy atom. The van der Waals surface area contributed by atoms with Crippen molar-refractivity contribution >= 4 is 11.6 Å². The van der Waals surface area contributed by atoms with Crippen molar-refractivity contribution in [3.05, 3.63) is 24.0 Å². The van der Waals surface area contributed by atoms with Crippen molar-refractivity contribution in [2.45, 2.75) is 39.5 Å². The molecule has 2 heterocycles. The van der Waals surface area contributed by atoms with Gasteiger partial charge in [-0.3, -0.25) is 9.78 Å². The Morgan fingerprint density at radius 2 is 1.90 bits per heavy atom. The molecule has 1 fully saturated rings. The summed E-state index contributed by atoms with van der Waals surface area (Å²) in [6.07, 6.45) is 6.21. The number of amides is 1. The minimum Gasteiger partial charge on any atom is -0.371 e. The summed E-state index contributed by atoms with van der Waals surface area (Å²) in [6.45, 7) is 8.00. The number of hydrogen-bond acceptors (Lipinski definition) is 3. The lowest BCUT2D eigenvalue weighted by Crippen LogP contribution is -2.33. The molecule has 20 heavy (non-hydrogen) atoms. The molecule has 0 unspecified atom stereocenters. The van der Waals surface area contributed by atoms with E-state index in [4.69, 9.17) is 0 Å². The Morgan fingerprint density at radius 1 is 1.25 bits per heavy atom. The fraction of sp³-hybridized carbons (Fsp3) is 0.625. The second-order valence-electron chi connectivity index (χ2n) is 5.39. The highest BCUT2D eigenvalue weighted by Gasteiger charge is 2.18. The van der Waals surface area contributed by atoms with Gasteiger partial charge in [0.15, 0.2) is 0 Å². The van der Waals surface area contributed by atoms with Gasteiger partial charge in [0, 0.05) is 38.1 Å². The lowest BCUT2D eigenvalue weighted by atomic mass is 10.2. The van der Waals surface area contributed by atoms with E-state index in [0.717, 1.165) is 44.7 Å². The van der Waals surface area contributed by atoms with Gasteiger partial charge in [0.2, 0.25) is 0 Å². The molecule has 0 aliphatic carbocycles. The highest BCUT2D eigenvalue weighted by atomic mass is 16.2. The molecule has 0 spiro atoms. The third kappa shape index (κ3) is 3.50. The number of nitrogens with zero attached hydrogens (tertiary/aromatic N) is 3. The van der Waals surface area contributed by atoms with E-state index in [-0.39, 0.29) is 5.91 Å². The van der Waals surface area contributed by atoms with E-state index in [1.54, 1.807) is 6.20 Å². The molecule has 1 aromatic rings. The summed E-state index contributed by atoms with van der Waals surface area (Å²) in [5, 5.41) is 0. The van der Waals surface area contributed by atoms with E-state index in [0.29, 0.717) is 5.69 Å². The quantitative estimate of drug-likeness (QED) is 0.801. The zero-order valence-corrected chi connectivity index (χ0v) is 12.6. The van der Waals surface area contributed by atoms with Crippen LogP contribution in [0.5, 0.6) is 0 Å². The molecule has 0 N–H and O–H groups in total. The molecule has 0 radical (unpaired) electrons. The van der Waals surface area contributed by atoms with Gasteiger partial charge in [-0.2, -0.15) is 0 Å². The molecule has 1 aromatic heterocycles. The zero-order chi connectivity index (χ0) is 14.4. The number of aromatic nitrogens is 1. The Balaban J connectivity index is 2.13. The topological polar surface area (TPSA) is 36.4 Å². The maximum absolute atomic E-state index is 12.5. The first-order valence-corrected chi connectivity index (χ1v) is 7.76. The second kappa shape index (κ2) is 7.27. The molecule has 1 amide bonds. The number of carbonyl (C=O) groups excluding carboxylic acids is 1. The fourth-order valence-corrected chi connectivity index (χ4v) is 2.73. The fourth-order valence-electron chi connectivity index (χ4n) is 2.73. The van der Waals surface area contributed by atoms with Gasteiger partial charge in [-0.15, -0.1) is 0 Å². The first-order valence-electron chi connectivity index (χ1n) is 7.76. The Bertz CT molecular complexity index is 435. The van der Waals surface area contributed by atoms with Gasteiger partial charge in [0.1, 0.15) is 5.69 Å². The molecule has 4 nitrogen and oxygen atoms in total. The van der Waals surface area contributed by atoms with Crippen LogP contribution in [0.4, 0.5) is 5.69 Å². The van der Waals surface area contributed by atoms with Crippen LogP contribution in [0.15, 0.2) is 18.3 Å². The summed E-state index contributed by atoms with van der Waals surface area (Å²) in [5.41, 5.74) is 1.71. The molecule has 2 rings (SSSR count). The molecule has 0 aromatic carbocycles. The first kappa shape index (κ1) is 14.8. The molecule has 0 bridgehead atoms. The molecule has 1 aliphatic rings. The Kier molecular flexibility index (Phi) is 5.39. The van der Waals surface area contributed by atoms with E-state index in [2.05, 4.69) is 23.7 Å². The average molecular weight is 275 g/mol. The minimum absolute atomic E-state index is 0.0646. The van der Waals surface area contributed by atoms with Crippen LogP contribution in [0.2, 0.25) is 0 Å². The van der Waals surface area contributed by atoms with Crippen LogP contribution in [0, 0.1) is 0 Å². The predicted molar refractivity (Wildman–Crippen MR) is 82.2 cm³/mol. The van der Waals surface area contributed by atoms with Crippen LogP contribution in [-0.4, -0.2) is 42.0 Å². The Hall–Kier alpha value is -1.58. The van der Waals surface area contributed by atoms with Gasteiger partial charge in [0.25, 0.3) is 5.91 Å². The summed E-state index contributed by atoms with van der Waals surface area (Å²) in [4.78, 5) is 21.1. The van der Waals surface area contributed by atoms with Crippen molar-refractivity contribution in [1.82, 2.24) is 9.88 Å². The number of pyridine rings is 1. The lowest BCUT2D eigenvalue weighted by molar-refractivity contribution is 0.0749. The smallest absolute Gasteiger partial charge is 0.272 e. The highest BCUT2D eigenvalue weighted by Crippen LogP contribution is 2.20. The van der Waals surface area contributed by atoms with Gasteiger partial charge < -0.3 is 9.80 Å². The van der Waals surface area contributed by atoms with E-state index < -0.39 is 0 Å². The molecule has 0 atom stereocenters. The van der Waals surface area contributed by atoms with Crippen LogP contribution in [0.25, 0.3) is 0 Å². The van der Waals surface area contributed by atoms with E-state index in [1.165, 1.54) is 12.8 Å². The molecule has 4 heteroatoms. The summed E-state index contributed by atoms with van der Waals surface area (Å²) in [7, 11) is 0. The molecular weight excluding hydrogens is 250 g/mol. The van der Waals surface area contributed by atoms with Crippen molar-refractivity contribution in [3.8, 4) is 0 Å². The van der Waals surface area contributed by atoms with Gasteiger partial charge >= 0.3 is 0 Å². The zero-order valence-electron chi connectivity index (χ0n) is 12.6. The molecular formula is C16H25N3O. The average Bonchev–Trinajstić information content (AvgIpc) is 3.01. The normalized spacial score (nSPS) is 14.6. The van der Waals surface area contributed by atoms with Gasteiger partial charge in [0.05, 0.1) is 0 Å². The Labute approximate surface area is 121 Å². The van der Waals surface area contributed by atoms with E-state index in [1.807, 2.05) is 17.0 Å². The van der Waals surface area contributed by atoms with Gasteiger partial charge in [-0.05, 0) is 37.8 Å². The van der Waals surface area contributed by atoms with Crippen LogP contribution < -0.4 is 4.90 Å². The van der Waals surface area contributed by atoms with E-state index >= 15 is 0 Å². The van der Waals surface area contributed by atoms with Gasteiger partial charge in [-0.1, -0.05) is 13.8 Å². The summed E-state index contributed by atoms with van der Waals surface area (Å²) >= 11 is 0. The van der Waals surface area contributed by atoms with Crippen LogP contribution in [-0.2, 0) is 0 Å². The van der Waals surface area contributed by atoms with Crippen molar-refractivity contribution in [2.24, 2.45) is 0 Å². The summed E-state index contributed by atoms with van der Waals surface area (Å²) in [6, 6.07) is 3.96. The maximum Gasteiger partial charge on any atom is 0.272 e. The molecule has 0 saturated carbocycles.